The number of hydrogen-bond donors (Lipinski definition) is 2. The number of carboxylic acid groups (broad SMARTS) is 1. The highest BCUT2D eigenvalue weighted by Gasteiger charge is 2.66. The Kier molecular flexibility index (Phi) is 6.04. The molecule has 1 aliphatic rings. The summed E-state index contributed by atoms with van der Waals surface area (Å²) in [6.45, 7) is 9.74. The lowest BCUT2D eigenvalue weighted by atomic mass is 9.54. The van der Waals surface area contributed by atoms with Crippen LogP contribution in [0.1, 0.15) is 51.4 Å². The second kappa shape index (κ2) is 7.76. The topological polar surface area (TPSA) is 94.1 Å². The number of nitrogens with one attached hydrogen (secondary N) is 1. The van der Waals surface area contributed by atoms with Crippen LogP contribution in [0.4, 0.5) is 0 Å². The van der Waals surface area contributed by atoms with Gasteiger partial charge in [-0.25, -0.2) is 4.79 Å². The monoisotopic (exact) mass is 379 g/mol. The molecule has 1 saturated carbocycles. The third-order valence-electron chi connectivity index (χ3n) is 5.24. The second-order valence-corrected chi connectivity index (χ2v) is 7.57. The van der Waals surface area contributed by atoms with E-state index in [1.165, 1.54) is 7.11 Å². The summed E-state index contributed by atoms with van der Waals surface area (Å²) >= 11 is 0. The molecule has 150 valence electrons. The van der Waals surface area contributed by atoms with E-state index < -0.39 is 22.8 Å². The van der Waals surface area contributed by atoms with Crippen molar-refractivity contribution in [2.75, 3.05) is 13.7 Å². The van der Waals surface area contributed by atoms with Crippen molar-refractivity contribution in [2.24, 2.45) is 5.41 Å². The van der Waals surface area contributed by atoms with Crippen LogP contribution in [-0.2, 0) is 9.53 Å². The van der Waals surface area contributed by atoms with E-state index >= 15 is 0 Å². The summed E-state index contributed by atoms with van der Waals surface area (Å²) in [5, 5.41) is 12.6. The van der Waals surface area contributed by atoms with E-state index in [1.807, 2.05) is 20.8 Å². The van der Waals surface area contributed by atoms with Crippen LogP contribution in [0.15, 0.2) is 18.2 Å². The summed E-state index contributed by atoms with van der Waals surface area (Å²) < 4.78 is 16.6. The smallest absolute Gasteiger partial charge is 0.330 e. The Hall–Kier alpha value is -2.28. The van der Waals surface area contributed by atoms with Crippen molar-refractivity contribution < 1.29 is 28.9 Å². The standard InChI is InChI=1S/C20H29NO6/c1-7-26-16-11-20(18(23)24,19(16,4)5)21-17(22)13-8-9-14(27-12(2)3)15(10-13)25-6/h8-10,12,16H,7,11H2,1-6H3,(H,21,22)(H,23,24). The molecule has 0 aliphatic heterocycles. The fourth-order valence-corrected chi connectivity index (χ4v) is 3.46. The van der Waals surface area contributed by atoms with Crippen LogP contribution in [0.5, 0.6) is 11.5 Å². The molecule has 2 N–H and O–H groups in total. The molecular formula is C20H29NO6. The van der Waals surface area contributed by atoms with Gasteiger partial charge in [0.1, 0.15) is 5.54 Å². The maximum Gasteiger partial charge on any atom is 0.330 e. The molecular weight excluding hydrogens is 350 g/mol. The zero-order valence-electron chi connectivity index (χ0n) is 16.8. The molecule has 27 heavy (non-hydrogen) atoms. The molecule has 0 radical (unpaired) electrons. The summed E-state index contributed by atoms with van der Waals surface area (Å²) in [7, 11) is 1.49. The molecule has 0 saturated heterocycles. The maximum atomic E-state index is 12.8. The molecule has 2 rings (SSSR count). The van der Waals surface area contributed by atoms with E-state index in [4.69, 9.17) is 14.2 Å². The van der Waals surface area contributed by atoms with Gasteiger partial charge in [-0.15, -0.1) is 0 Å². The fraction of sp³-hybridized carbons (Fsp3) is 0.600. The minimum Gasteiger partial charge on any atom is -0.493 e. The van der Waals surface area contributed by atoms with Crippen LogP contribution in [-0.4, -0.2) is 48.4 Å². The molecule has 1 aromatic rings. The van der Waals surface area contributed by atoms with Gasteiger partial charge in [0.15, 0.2) is 11.5 Å². The lowest BCUT2D eigenvalue weighted by molar-refractivity contribution is -0.190. The van der Waals surface area contributed by atoms with Crippen LogP contribution in [0.2, 0.25) is 0 Å². The Morgan fingerprint density at radius 3 is 2.44 bits per heavy atom. The van der Waals surface area contributed by atoms with Crippen molar-refractivity contribution in [3.63, 3.8) is 0 Å². The molecule has 2 atom stereocenters. The minimum absolute atomic E-state index is 0.0415. The lowest BCUT2D eigenvalue weighted by Crippen LogP contribution is -2.76. The molecule has 0 spiro atoms. The molecule has 0 bridgehead atoms. The highest BCUT2D eigenvalue weighted by atomic mass is 16.5. The number of rotatable bonds is 8. The Balaban J connectivity index is 2.26. The predicted molar refractivity (Wildman–Crippen MR) is 100 cm³/mol. The molecule has 0 aromatic heterocycles. The summed E-state index contributed by atoms with van der Waals surface area (Å²) in [5.41, 5.74) is -1.82. The van der Waals surface area contributed by atoms with Gasteiger partial charge in [0.25, 0.3) is 5.91 Å². The van der Waals surface area contributed by atoms with E-state index in [1.54, 1.807) is 32.0 Å². The van der Waals surface area contributed by atoms with Gasteiger partial charge in [0.05, 0.1) is 19.3 Å². The number of carboxylic acids is 1. The first-order valence-electron chi connectivity index (χ1n) is 9.11. The number of amides is 1. The SMILES string of the molecule is CCOC1CC(NC(=O)c2ccc(OC(C)C)c(OC)c2)(C(=O)O)C1(C)C. The van der Waals surface area contributed by atoms with Crippen LogP contribution in [0.3, 0.4) is 0 Å². The highest BCUT2D eigenvalue weighted by molar-refractivity contribution is 5.99. The Bertz CT molecular complexity index is 714. The molecule has 7 nitrogen and oxygen atoms in total. The van der Waals surface area contributed by atoms with Crippen molar-refractivity contribution in [2.45, 2.75) is 58.8 Å². The van der Waals surface area contributed by atoms with Gasteiger partial charge in [-0.3, -0.25) is 4.79 Å². The van der Waals surface area contributed by atoms with Gasteiger partial charge in [0.2, 0.25) is 0 Å². The molecule has 1 aliphatic carbocycles. The van der Waals surface area contributed by atoms with E-state index in [-0.39, 0.29) is 18.6 Å². The number of ether oxygens (including phenoxy) is 3. The maximum absolute atomic E-state index is 12.8. The first-order chi connectivity index (χ1) is 12.6. The summed E-state index contributed by atoms with van der Waals surface area (Å²) in [4.78, 5) is 24.8. The van der Waals surface area contributed by atoms with Crippen LogP contribution in [0, 0.1) is 5.41 Å². The third kappa shape index (κ3) is 3.74. The van der Waals surface area contributed by atoms with Gasteiger partial charge < -0.3 is 24.6 Å². The summed E-state index contributed by atoms with van der Waals surface area (Å²) in [5.74, 6) is -0.600. The number of hydrogen-bond acceptors (Lipinski definition) is 5. The summed E-state index contributed by atoms with van der Waals surface area (Å²) in [6.07, 6.45) is -0.0454. The normalized spacial score (nSPS) is 23.4. The van der Waals surface area contributed by atoms with E-state index in [0.717, 1.165) is 0 Å². The van der Waals surface area contributed by atoms with E-state index in [0.29, 0.717) is 23.7 Å². The first kappa shape index (κ1) is 21.0. The number of aliphatic carboxylic acids is 1. The Morgan fingerprint density at radius 2 is 1.96 bits per heavy atom. The number of carbonyl (C=O) groups is 2. The third-order valence-corrected chi connectivity index (χ3v) is 5.24. The van der Waals surface area contributed by atoms with Crippen molar-refractivity contribution in [1.29, 1.82) is 0 Å². The van der Waals surface area contributed by atoms with Gasteiger partial charge >= 0.3 is 5.97 Å². The van der Waals surface area contributed by atoms with Crippen molar-refractivity contribution in [1.82, 2.24) is 5.32 Å². The Morgan fingerprint density at radius 1 is 1.30 bits per heavy atom. The number of carbonyl (C=O) groups excluding carboxylic acids is 1. The van der Waals surface area contributed by atoms with E-state index in [9.17, 15) is 14.7 Å². The van der Waals surface area contributed by atoms with Crippen molar-refractivity contribution in [3.05, 3.63) is 23.8 Å². The largest absolute Gasteiger partial charge is 0.493 e. The number of methoxy groups -OCH3 is 1. The Labute approximate surface area is 160 Å². The number of benzene rings is 1. The lowest BCUT2D eigenvalue weighted by Gasteiger charge is -2.58. The van der Waals surface area contributed by atoms with Crippen LogP contribution < -0.4 is 14.8 Å². The van der Waals surface area contributed by atoms with Crippen LogP contribution in [0.25, 0.3) is 0 Å². The molecule has 0 heterocycles. The molecule has 1 amide bonds. The van der Waals surface area contributed by atoms with Gasteiger partial charge in [0, 0.05) is 24.0 Å². The highest BCUT2D eigenvalue weighted by Crippen LogP contribution is 2.51. The average molecular weight is 379 g/mol. The van der Waals surface area contributed by atoms with Gasteiger partial charge in [-0.2, -0.15) is 0 Å². The molecule has 1 fully saturated rings. The van der Waals surface area contributed by atoms with Crippen molar-refractivity contribution >= 4 is 11.9 Å². The molecule has 2 unspecified atom stereocenters. The predicted octanol–water partition coefficient (Wildman–Crippen LogP) is 2.87. The fourth-order valence-electron chi connectivity index (χ4n) is 3.46. The average Bonchev–Trinajstić information content (AvgIpc) is 2.59. The molecule has 1 aromatic carbocycles. The molecule has 7 heteroatoms. The zero-order valence-corrected chi connectivity index (χ0v) is 16.8. The summed E-state index contributed by atoms with van der Waals surface area (Å²) in [6, 6.07) is 4.79. The zero-order chi connectivity index (χ0) is 20.4. The first-order valence-corrected chi connectivity index (χ1v) is 9.11. The van der Waals surface area contributed by atoms with E-state index in [2.05, 4.69) is 5.32 Å². The van der Waals surface area contributed by atoms with Crippen molar-refractivity contribution in [3.8, 4) is 11.5 Å². The minimum atomic E-state index is -1.38. The quantitative estimate of drug-likeness (QED) is 0.721. The van der Waals surface area contributed by atoms with Gasteiger partial charge in [-0.1, -0.05) is 13.8 Å². The second-order valence-electron chi connectivity index (χ2n) is 7.57. The van der Waals surface area contributed by atoms with Gasteiger partial charge in [-0.05, 0) is 39.0 Å². The van der Waals surface area contributed by atoms with Crippen LogP contribution >= 0.6 is 0 Å².